The third-order valence-corrected chi connectivity index (χ3v) is 3.23. The van der Waals surface area contributed by atoms with Gasteiger partial charge in [-0.25, -0.2) is 0 Å². The highest BCUT2D eigenvalue weighted by atomic mass is 16.1. The van der Waals surface area contributed by atoms with Crippen LogP contribution in [0.3, 0.4) is 0 Å². The van der Waals surface area contributed by atoms with E-state index in [0.717, 1.165) is 11.3 Å². The number of benzene rings is 2. The second kappa shape index (κ2) is 7.86. The monoisotopic (exact) mass is 278 g/mol. The molecular formula is C18H18N2O. The minimum atomic E-state index is 0.156. The van der Waals surface area contributed by atoms with Crippen molar-refractivity contribution in [2.24, 2.45) is 0 Å². The van der Waals surface area contributed by atoms with E-state index >= 15 is 0 Å². The maximum atomic E-state index is 12.2. The maximum Gasteiger partial charge on any atom is 0.156 e. The number of Topliss-reactive ketones (excluding diaryl/α,β-unsaturated/α-hetero) is 1. The minimum Gasteiger partial charge on any atom is -0.363 e. The number of para-hydroxylation sites is 1. The summed E-state index contributed by atoms with van der Waals surface area (Å²) in [6.45, 7) is 0.904. The summed E-state index contributed by atoms with van der Waals surface area (Å²) >= 11 is 0. The molecule has 3 nitrogen and oxygen atoms in total. The lowest BCUT2D eigenvalue weighted by atomic mass is 10.1. The van der Waals surface area contributed by atoms with Crippen molar-refractivity contribution in [1.82, 2.24) is 0 Å². The van der Waals surface area contributed by atoms with Gasteiger partial charge in [-0.1, -0.05) is 48.5 Å². The number of hydrogen-bond donors (Lipinski definition) is 0. The summed E-state index contributed by atoms with van der Waals surface area (Å²) in [5.41, 5.74) is 2.00. The van der Waals surface area contributed by atoms with Crippen molar-refractivity contribution < 1.29 is 4.79 Å². The number of carbonyl (C=O) groups is 1. The SMILES string of the molecule is N#CCCN(CC(=O)Cc1ccccc1)c1ccccc1. The Labute approximate surface area is 125 Å². The van der Waals surface area contributed by atoms with Crippen LogP contribution in [0.25, 0.3) is 0 Å². The quantitative estimate of drug-likeness (QED) is 0.781. The average Bonchev–Trinajstić information content (AvgIpc) is 2.53. The topological polar surface area (TPSA) is 44.1 Å². The third kappa shape index (κ3) is 4.77. The molecule has 0 heterocycles. The van der Waals surface area contributed by atoms with Crippen molar-refractivity contribution in [3.8, 4) is 6.07 Å². The molecule has 0 amide bonds. The summed E-state index contributed by atoms with van der Waals surface area (Å²) in [4.78, 5) is 14.2. The van der Waals surface area contributed by atoms with E-state index in [0.29, 0.717) is 25.9 Å². The number of anilines is 1. The zero-order valence-corrected chi connectivity index (χ0v) is 11.9. The van der Waals surface area contributed by atoms with Gasteiger partial charge in [0.05, 0.1) is 19.0 Å². The molecular weight excluding hydrogens is 260 g/mol. The van der Waals surface area contributed by atoms with Crippen LogP contribution < -0.4 is 4.90 Å². The second-order valence-electron chi connectivity index (χ2n) is 4.87. The van der Waals surface area contributed by atoms with Gasteiger partial charge in [-0.15, -0.1) is 0 Å². The molecule has 2 aromatic rings. The number of nitriles is 1. The Morgan fingerprint density at radius 3 is 2.24 bits per heavy atom. The average molecular weight is 278 g/mol. The van der Waals surface area contributed by atoms with Crippen molar-refractivity contribution in [2.45, 2.75) is 12.8 Å². The highest BCUT2D eigenvalue weighted by Gasteiger charge is 2.11. The van der Waals surface area contributed by atoms with Crippen LogP contribution in [0, 0.1) is 11.3 Å². The number of hydrogen-bond acceptors (Lipinski definition) is 3. The van der Waals surface area contributed by atoms with Crippen LogP contribution in [0.2, 0.25) is 0 Å². The van der Waals surface area contributed by atoms with Crippen molar-refractivity contribution in [1.29, 1.82) is 5.26 Å². The van der Waals surface area contributed by atoms with Gasteiger partial charge in [0.2, 0.25) is 0 Å². The number of ketones is 1. The molecule has 0 aliphatic heterocycles. The standard InChI is InChI=1S/C18H18N2O/c19-12-7-13-20(17-10-5-2-6-11-17)15-18(21)14-16-8-3-1-4-9-16/h1-6,8-11H,7,13-15H2. The lowest BCUT2D eigenvalue weighted by Crippen LogP contribution is -2.31. The van der Waals surface area contributed by atoms with Gasteiger partial charge in [0, 0.05) is 18.7 Å². The van der Waals surface area contributed by atoms with E-state index in [-0.39, 0.29) is 5.78 Å². The molecule has 2 rings (SSSR count). The molecule has 0 aliphatic rings. The molecule has 3 heteroatoms. The largest absolute Gasteiger partial charge is 0.363 e. The van der Waals surface area contributed by atoms with Gasteiger partial charge in [0.1, 0.15) is 0 Å². The van der Waals surface area contributed by atoms with Crippen LogP contribution in [-0.4, -0.2) is 18.9 Å². The van der Waals surface area contributed by atoms with Crippen LogP contribution in [-0.2, 0) is 11.2 Å². The lowest BCUT2D eigenvalue weighted by molar-refractivity contribution is -0.117. The summed E-state index contributed by atoms with van der Waals surface area (Å²) in [5, 5.41) is 8.77. The Kier molecular flexibility index (Phi) is 5.54. The van der Waals surface area contributed by atoms with Crippen LogP contribution >= 0.6 is 0 Å². The summed E-state index contributed by atoms with van der Waals surface area (Å²) < 4.78 is 0. The molecule has 0 fully saturated rings. The Morgan fingerprint density at radius 1 is 1.00 bits per heavy atom. The predicted octanol–water partition coefficient (Wildman–Crippen LogP) is 3.22. The molecule has 0 bridgehead atoms. The van der Waals surface area contributed by atoms with Gasteiger partial charge < -0.3 is 4.90 Å². The zero-order chi connectivity index (χ0) is 14.9. The fourth-order valence-electron chi connectivity index (χ4n) is 2.22. The van der Waals surface area contributed by atoms with E-state index in [9.17, 15) is 4.79 Å². The fourth-order valence-corrected chi connectivity index (χ4v) is 2.22. The van der Waals surface area contributed by atoms with Crippen molar-refractivity contribution in [2.75, 3.05) is 18.0 Å². The predicted molar refractivity (Wildman–Crippen MR) is 84.0 cm³/mol. The van der Waals surface area contributed by atoms with Gasteiger partial charge in [0.25, 0.3) is 0 Å². The highest BCUT2D eigenvalue weighted by Crippen LogP contribution is 2.14. The van der Waals surface area contributed by atoms with Crippen molar-refractivity contribution >= 4 is 11.5 Å². The van der Waals surface area contributed by atoms with Crippen LogP contribution in [0.4, 0.5) is 5.69 Å². The van der Waals surface area contributed by atoms with Crippen molar-refractivity contribution in [3.63, 3.8) is 0 Å². The second-order valence-corrected chi connectivity index (χ2v) is 4.87. The number of rotatable bonds is 7. The lowest BCUT2D eigenvalue weighted by Gasteiger charge is -2.23. The van der Waals surface area contributed by atoms with Gasteiger partial charge in [-0.05, 0) is 17.7 Å². The molecule has 0 atom stereocenters. The van der Waals surface area contributed by atoms with Crippen LogP contribution in [0.5, 0.6) is 0 Å². The van der Waals surface area contributed by atoms with Crippen LogP contribution in [0.15, 0.2) is 60.7 Å². The van der Waals surface area contributed by atoms with E-state index < -0.39 is 0 Å². The van der Waals surface area contributed by atoms with Gasteiger partial charge in [0.15, 0.2) is 5.78 Å². The van der Waals surface area contributed by atoms with E-state index in [1.807, 2.05) is 65.6 Å². The molecule has 0 aliphatic carbocycles. The van der Waals surface area contributed by atoms with E-state index in [1.165, 1.54) is 0 Å². The first-order valence-electron chi connectivity index (χ1n) is 7.02. The van der Waals surface area contributed by atoms with Gasteiger partial charge in [-0.3, -0.25) is 4.79 Å². The van der Waals surface area contributed by atoms with E-state index in [4.69, 9.17) is 5.26 Å². The Hall–Kier alpha value is -2.60. The van der Waals surface area contributed by atoms with Crippen molar-refractivity contribution in [3.05, 3.63) is 66.2 Å². The Balaban J connectivity index is 2.01. The molecule has 0 N–H and O–H groups in total. The van der Waals surface area contributed by atoms with Gasteiger partial charge >= 0.3 is 0 Å². The third-order valence-electron chi connectivity index (χ3n) is 3.23. The number of carbonyl (C=O) groups excluding carboxylic acids is 1. The normalized spacial score (nSPS) is 9.86. The minimum absolute atomic E-state index is 0.156. The molecule has 0 unspecified atom stereocenters. The van der Waals surface area contributed by atoms with E-state index in [1.54, 1.807) is 0 Å². The summed E-state index contributed by atoms with van der Waals surface area (Å²) in [6, 6.07) is 21.6. The molecule has 0 radical (unpaired) electrons. The smallest absolute Gasteiger partial charge is 0.156 e. The molecule has 0 aromatic heterocycles. The first kappa shape index (κ1) is 14.8. The Morgan fingerprint density at radius 2 is 1.62 bits per heavy atom. The molecule has 21 heavy (non-hydrogen) atoms. The highest BCUT2D eigenvalue weighted by molar-refractivity contribution is 5.85. The molecule has 0 spiro atoms. The molecule has 0 saturated heterocycles. The molecule has 106 valence electrons. The number of nitrogens with zero attached hydrogens (tertiary/aromatic N) is 2. The van der Waals surface area contributed by atoms with E-state index in [2.05, 4.69) is 6.07 Å². The van der Waals surface area contributed by atoms with Crippen LogP contribution in [0.1, 0.15) is 12.0 Å². The first-order valence-corrected chi connectivity index (χ1v) is 7.02. The van der Waals surface area contributed by atoms with Gasteiger partial charge in [-0.2, -0.15) is 5.26 Å². The summed E-state index contributed by atoms with van der Waals surface area (Å²) in [7, 11) is 0. The Bertz CT molecular complexity index is 602. The summed E-state index contributed by atoms with van der Waals surface area (Å²) in [6.07, 6.45) is 0.838. The fraction of sp³-hybridized carbons (Fsp3) is 0.222. The zero-order valence-electron chi connectivity index (χ0n) is 11.9. The maximum absolute atomic E-state index is 12.2. The molecule has 2 aromatic carbocycles. The molecule has 0 saturated carbocycles. The first-order chi connectivity index (χ1) is 10.3. The summed E-state index contributed by atoms with van der Waals surface area (Å²) in [5.74, 6) is 0.156.